The van der Waals surface area contributed by atoms with Gasteiger partial charge in [-0.1, -0.05) is 22.9 Å². The van der Waals surface area contributed by atoms with Crippen LogP contribution in [0, 0.1) is 5.92 Å². The van der Waals surface area contributed by atoms with E-state index in [-0.39, 0.29) is 30.2 Å². The first-order valence-corrected chi connectivity index (χ1v) is 6.18. The summed E-state index contributed by atoms with van der Waals surface area (Å²) in [5, 5.41) is 20.8. The van der Waals surface area contributed by atoms with Crippen LogP contribution in [0.25, 0.3) is 0 Å². The van der Waals surface area contributed by atoms with E-state index in [1.165, 1.54) is 12.1 Å². The van der Waals surface area contributed by atoms with Crippen molar-refractivity contribution in [3.63, 3.8) is 0 Å². The smallest absolute Gasteiger partial charge is 0.303 e. The molecule has 1 rings (SSSR count). The number of carboxylic acids is 1. The molecule has 0 saturated heterocycles. The van der Waals surface area contributed by atoms with E-state index >= 15 is 0 Å². The van der Waals surface area contributed by atoms with E-state index in [1.807, 2.05) is 0 Å². The van der Waals surface area contributed by atoms with Crippen LogP contribution in [0.5, 0.6) is 5.75 Å². The fourth-order valence-electron chi connectivity index (χ4n) is 1.43. The number of aliphatic carboxylic acids is 1. The predicted molar refractivity (Wildman–Crippen MR) is 69.6 cm³/mol. The van der Waals surface area contributed by atoms with E-state index < -0.39 is 11.9 Å². The topological polar surface area (TPSA) is 86.6 Å². The Hall–Kier alpha value is -1.56. The fraction of sp³-hybridized carbons (Fsp3) is 0.333. The molecule has 1 aromatic carbocycles. The van der Waals surface area contributed by atoms with Crippen LogP contribution >= 0.6 is 15.9 Å². The minimum absolute atomic E-state index is 0.00734. The fourth-order valence-corrected chi connectivity index (χ4v) is 1.78. The highest BCUT2D eigenvalue weighted by molar-refractivity contribution is 9.10. The monoisotopic (exact) mass is 315 g/mol. The zero-order valence-corrected chi connectivity index (χ0v) is 11.4. The Labute approximate surface area is 113 Å². The Bertz CT molecular complexity index is 461. The van der Waals surface area contributed by atoms with Crippen LogP contribution in [0.15, 0.2) is 22.7 Å². The van der Waals surface area contributed by atoms with Crippen LogP contribution < -0.4 is 5.32 Å². The van der Waals surface area contributed by atoms with E-state index in [1.54, 1.807) is 13.0 Å². The molecule has 1 amide bonds. The molecule has 0 bridgehead atoms. The van der Waals surface area contributed by atoms with E-state index in [0.29, 0.717) is 4.47 Å². The molecule has 0 aliphatic carbocycles. The lowest BCUT2D eigenvalue weighted by molar-refractivity contribution is -0.137. The Balaban J connectivity index is 2.58. The van der Waals surface area contributed by atoms with E-state index in [4.69, 9.17) is 5.11 Å². The summed E-state index contributed by atoms with van der Waals surface area (Å²) in [6.45, 7) is 1.98. The second-order valence-corrected chi connectivity index (χ2v) is 4.99. The van der Waals surface area contributed by atoms with Gasteiger partial charge in [0.25, 0.3) is 5.91 Å². The number of rotatable bonds is 5. The van der Waals surface area contributed by atoms with Gasteiger partial charge in [0.2, 0.25) is 0 Å². The Morgan fingerprint density at radius 2 is 2.11 bits per heavy atom. The van der Waals surface area contributed by atoms with Gasteiger partial charge >= 0.3 is 5.97 Å². The van der Waals surface area contributed by atoms with Crippen molar-refractivity contribution < 1.29 is 19.8 Å². The van der Waals surface area contributed by atoms with Crippen molar-refractivity contribution in [3.05, 3.63) is 28.2 Å². The number of phenolic OH excluding ortho intramolecular Hbond substituents is 1. The number of halogens is 1. The average Bonchev–Trinajstić information content (AvgIpc) is 2.25. The van der Waals surface area contributed by atoms with Crippen LogP contribution in [0.3, 0.4) is 0 Å². The Kier molecular flexibility index (Phi) is 5.15. The molecule has 0 radical (unpaired) electrons. The van der Waals surface area contributed by atoms with Crippen LogP contribution in [0.2, 0.25) is 0 Å². The lowest BCUT2D eigenvalue weighted by Gasteiger charge is -2.11. The highest BCUT2D eigenvalue weighted by Crippen LogP contribution is 2.22. The predicted octanol–water partition coefficient (Wildman–Crippen LogP) is 2.00. The number of nitrogens with one attached hydrogen (secondary N) is 1. The van der Waals surface area contributed by atoms with E-state index in [2.05, 4.69) is 21.2 Å². The van der Waals surface area contributed by atoms with Crippen LogP contribution in [-0.4, -0.2) is 28.6 Å². The first-order chi connectivity index (χ1) is 8.40. The van der Waals surface area contributed by atoms with Crippen molar-refractivity contribution in [2.45, 2.75) is 13.3 Å². The number of hydrogen-bond donors (Lipinski definition) is 3. The van der Waals surface area contributed by atoms with Gasteiger partial charge in [-0.2, -0.15) is 0 Å². The normalized spacial score (nSPS) is 11.9. The summed E-state index contributed by atoms with van der Waals surface area (Å²) in [6, 6.07) is 4.57. The zero-order chi connectivity index (χ0) is 13.7. The SMILES string of the molecule is CC(CNC(=O)c1ccc(Br)cc1O)CC(=O)O. The third-order valence-corrected chi connectivity index (χ3v) is 2.83. The summed E-state index contributed by atoms with van der Waals surface area (Å²) in [5.74, 6) is -1.60. The number of phenols is 1. The van der Waals surface area contributed by atoms with Crippen molar-refractivity contribution in [1.29, 1.82) is 0 Å². The van der Waals surface area contributed by atoms with E-state index in [0.717, 1.165) is 0 Å². The number of carbonyl (C=O) groups is 2. The molecule has 98 valence electrons. The van der Waals surface area contributed by atoms with Crippen molar-refractivity contribution in [2.24, 2.45) is 5.92 Å². The Morgan fingerprint density at radius 1 is 1.44 bits per heavy atom. The molecule has 5 nitrogen and oxygen atoms in total. The third kappa shape index (κ3) is 4.37. The molecule has 0 spiro atoms. The number of hydrogen-bond acceptors (Lipinski definition) is 3. The number of carboxylic acid groups (broad SMARTS) is 1. The number of benzene rings is 1. The van der Waals surface area contributed by atoms with E-state index in [9.17, 15) is 14.7 Å². The minimum Gasteiger partial charge on any atom is -0.507 e. The van der Waals surface area contributed by atoms with Gasteiger partial charge in [0, 0.05) is 17.4 Å². The lowest BCUT2D eigenvalue weighted by atomic mass is 10.1. The molecule has 0 aliphatic heterocycles. The number of aromatic hydroxyl groups is 1. The van der Waals surface area contributed by atoms with Gasteiger partial charge in [0.1, 0.15) is 5.75 Å². The summed E-state index contributed by atoms with van der Waals surface area (Å²) >= 11 is 3.18. The second kappa shape index (κ2) is 6.39. The second-order valence-electron chi connectivity index (χ2n) is 4.07. The summed E-state index contributed by atoms with van der Waals surface area (Å²) in [7, 11) is 0. The summed E-state index contributed by atoms with van der Waals surface area (Å²) in [6.07, 6.45) is -0.00734. The third-order valence-electron chi connectivity index (χ3n) is 2.34. The quantitative estimate of drug-likeness (QED) is 0.775. The molecule has 18 heavy (non-hydrogen) atoms. The number of carbonyl (C=O) groups excluding carboxylic acids is 1. The molecule has 1 unspecified atom stereocenters. The van der Waals surface area contributed by atoms with Crippen molar-refractivity contribution in [1.82, 2.24) is 5.32 Å². The van der Waals surface area contributed by atoms with Crippen molar-refractivity contribution >= 4 is 27.8 Å². The molecule has 6 heteroatoms. The van der Waals surface area contributed by atoms with Gasteiger partial charge in [-0.25, -0.2) is 0 Å². The lowest BCUT2D eigenvalue weighted by Crippen LogP contribution is -2.29. The van der Waals surface area contributed by atoms with Crippen LogP contribution in [-0.2, 0) is 4.79 Å². The van der Waals surface area contributed by atoms with Crippen molar-refractivity contribution in [2.75, 3.05) is 6.54 Å². The first-order valence-electron chi connectivity index (χ1n) is 5.38. The van der Waals surface area contributed by atoms with Crippen molar-refractivity contribution in [3.8, 4) is 5.75 Å². The summed E-state index contributed by atoms with van der Waals surface area (Å²) in [5.41, 5.74) is 0.167. The maximum atomic E-state index is 11.7. The molecule has 3 N–H and O–H groups in total. The highest BCUT2D eigenvalue weighted by Gasteiger charge is 2.13. The molecular weight excluding hydrogens is 302 g/mol. The average molecular weight is 316 g/mol. The minimum atomic E-state index is -0.900. The molecule has 0 aliphatic rings. The molecular formula is C12H14BrNO4. The van der Waals surface area contributed by atoms with Gasteiger partial charge in [-0.15, -0.1) is 0 Å². The van der Waals surface area contributed by atoms with Gasteiger partial charge in [0.15, 0.2) is 0 Å². The molecule has 0 fully saturated rings. The van der Waals surface area contributed by atoms with Gasteiger partial charge in [-0.3, -0.25) is 9.59 Å². The van der Waals surface area contributed by atoms with Gasteiger partial charge in [0.05, 0.1) is 5.56 Å². The number of amides is 1. The summed E-state index contributed by atoms with van der Waals surface area (Å²) in [4.78, 5) is 22.2. The zero-order valence-electron chi connectivity index (χ0n) is 9.81. The maximum absolute atomic E-state index is 11.7. The maximum Gasteiger partial charge on any atom is 0.303 e. The molecule has 1 aromatic rings. The molecule has 0 aromatic heterocycles. The van der Waals surface area contributed by atoms with Crippen LogP contribution in [0.1, 0.15) is 23.7 Å². The molecule has 1 atom stereocenters. The largest absolute Gasteiger partial charge is 0.507 e. The standard InChI is InChI=1S/C12H14BrNO4/c1-7(4-11(16)17)6-14-12(18)9-3-2-8(13)5-10(9)15/h2-3,5,7,15H,4,6H2,1H3,(H,14,18)(H,16,17). The first kappa shape index (κ1) is 14.5. The van der Waals surface area contributed by atoms with Crippen LogP contribution in [0.4, 0.5) is 0 Å². The molecule has 0 saturated carbocycles. The molecule has 0 heterocycles. The van der Waals surface area contributed by atoms with Gasteiger partial charge < -0.3 is 15.5 Å². The summed E-state index contributed by atoms with van der Waals surface area (Å²) < 4.78 is 0.677. The van der Waals surface area contributed by atoms with Gasteiger partial charge in [-0.05, 0) is 24.1 Å². The Morgan fingerprint density at radius 3 is 2.67 bits per heavy atom. The highest BCUT2D eigenvalue weighted by atomic mass is 79.9.